The molecule has 2 rings (SSSR count). The Bertz CT molecular complexity index is 475. The largest absolute Gasteiger partial charge is 0.489 e. The Balaban J connectivity index is 2.16. The lowest BCUT2D eigenvalue weighted by molar-refractivity contribution is 0.0881. The monoisotopic (exact) mass is 271 g/mol. The van der Waals surface area contributed by atoms with Crippen molar-refractivity contribution in [3.8, 4) is 11.8 Å². The third kappa shape index (κ3) is 3.33. The van der Waals surface area contributed by atoms with E-state index in [0.717, 1.165) is 18.6 Å². The maximum Gasteiger partial charge on any atom is 0.123 e. The number of hydrogen-bond donors (Lipinski definition) is 0. The fraction of sp³-hybridized carbons (Fsp3) is 0.611. The van der Waals surface area contributed by atoms with Gasteiger partial charge in [-0.3, -0.25) is 0 Å². The maximum atomic E-state index is 9.35. The third-order valence-corrected chi connectivity index (χ3v) is 4.46. The molecule has 0 amide bonds. The van der Waals surface area contributed by atoms with Gasteiger partial charge in [-0.15, -0.1) is 0 Å². The number of benzene rings is 1. The van der Waals surface area contributed by atoms with Crippen molar-refractivity contribution in [3.63, 3.8) is 0 Å². The summed E-state index contributed by atoms with van der Waals surface area (Å²) < 4.78 is 6.26. The Morgan fingerprint density at radius 2 is 2.05 bits per heavy atom. The van der Waals surface area contributed by atoms with E-state index in [-0.39, 0.29) is 12.0 Å². The van der Waals surface area contributed by atoms with Crippen molar-refractivity contribution in [2.45, 2.75) is 58.5 Å². The van der Waals surface area contributed by atoms with Gasteiger partial charge in [-0.25, -0.2) is 0 Å². The zero-order valence-corrected chi connectivity index (χ0v) is 12.8. The number of rotatable bonds is 4. The molecule has 2 heteroatoms. The molecule has 108 valence electrons. The first-order valence-corrected chi connectivity index (χ1v) is 7.80. The van der Waals surface area contributed by atoms with Gasteiger partial charge in [0.15, 0.2) is 0 Å². The summed E-state index contributed by atoms with van der Waals surface area (Å²) in [6.45, 7) is 6.59. The Hall–Kier alpha value is -1.49. The van der Waals surface area contributed by atoms with Crippen LogP contribution in [0, 0.1) is 23.2 Å². The summed E-state index contributed by atoms with van der Waals surface area (Å²) in [7, 11) is 0. The van der Waals surface area contributed by atoms with E-state index in [9.17, 15) is 5.26 Å². The molecule has 0 bridgehead atoms. The van der Waals surface area contributed by atoms with Gasteiger partial charge >= 0.3 is 0 Å². The van der Waals surface area contributed by atoms with Gasteiger partial charge in [0.05, 0.1) is 12.0 Å². The van der Waals surface area contributed by atoms with E-state index in [0.29, 0.717) is 11.8 Å². The Kier molecular flexibility index (Phi) is 5.06. The Labute approximate surface area is 122 Å². The van der Waals surface area contributed by atoms with Gasteiger partial charge in [-0.1, -0.05) is 45.4 Å². The molecular formula is C18H25NO. The lowest BCUT2D eigenvalue weighted by Crippen LogP contribution is -2.33. The van der Waals surface area contributed by atoms with Crippen LogP contribution in [-0.4, -0.2) is 6.10 Å². The minimum atomic E-state index is 0.0398. The quantitative estimate of drug-likeness (QED) is 0.779. The third-order valence-electron chi connectivity index (χ3n) is 4.46. The molecule has 0 N–H and O–H groups in total. The van der Waals surface area contributed by atoms with Crippen molar-refractivity contribution in [1.82, 2.24) is 0 Å². The fourth-order valence-electron chi connectivity index (χ4n) is 3.09. The summed E-state index contributed by atoms with van der Waals surface area (Å²) in [4.78, 5) is 0. The molecule has 0 saturated heterocycles. The second-order valence-electron chi connectivity index (χ2n) is 6.17. The van der Waals surface area contributed by atoms with E-state index in [1.54, 1.807) is 0 Å². The van der Waals surface area contributed by atoms with Crippen LogP contribution in [-0.2, 0) is 0 Å². The normalized spacial score (nSPS) is 26.2. The molecule has 1 fully saturated rings. The second kappa shape index (κ2) is 6.79. The van der Waals surface area contributed by atoms with E-state index in [4.69, 9.17) is 4.74 Å². The van der Waals surface area contributed by atoms with Gasteiger partial charge in [-0.05, 0) is 42.7 Å². The van der Waals surface area contributed by atoms with Gasteiger partial charge in [0, 0.05) is 0 Å². The zero-order chi connectivity index (χ0) is 14.5. The van der Waals surface area contributed by atoms with Gasteiger partial charge in [0.1, 0.15) is 11.9 Å². The van der Waals surface area contributed by atoms with Crippen LogP contribution in [0.4, 0.5) is 0 Å². The molecule has 0 aromatic heterocycles. The first-order chi connectivity index (χ1) is 9.65. The highest BCUT2D eigenvalue weighted by Crippen LogP contribution is 2.35. The number of hydrogen-bond acceptors (Lipinski definition) is 2. The molecule has 1 aliphatic carbocycles. The van der Waals surface area contributed by atoms with E-state index >= 15 is 0 Å². The average Bonchev–Trinajstić information content (AvgIpc) is 2.47. The van der Waals surface area contributed by atoms with Gasteiger partial charge < -0.3 is 4.74 Å². The Morgan fingerprint density at radius 1 is 1.30 bits per heavy atom. The molecule has 0 aliphatic heterocycles. The molecule has 20 heavy (non-hydrogen) atoms. The predicted octanol–water partition coefficient (Wildman–Crippen LogP) is 4.91. The minimum absolute atomic E-state index is 0.0398. The average molecular weight is 271 g/mol. The zero-order valence-electron chi connectivity index (χ0n) is 12.8. The SMILES string of the molecule is CCC1CCC(C#N)C(Oc2ccccc2C(C)C)C1. The molecule has 3 atom stereocenters. The van der Waals surface area contributed by atoms with Crippen LogP contribution in [0.3, 0.4) is 0 Å². The van der Waals surface area contributed by atoms with Crippen LogP contribution in [0.1, 0.15) is 57.9 Å². The molecule has 0 spiro atoms. The summed E-state index contributed by atoms with van der Waals surface area (Å²) in [5.41, 5.74) is 1.24. The van der Waals surface area contributed by atoms with E-state index in [1.165, 1.54) is 18.4 Å². The molecule has 0 heterocycles. The van der Waals surface area contributed by atoms with Crippen molar-refractivity contribution in [1.29, 1.82) is 5.26 Å². The predicted molar refractivity (Wildman–Crippen MR) is 81.7 cm³/mol. The van der Waals surface area contributed by atoms with E-state index in [2.05, 4.69) is 39.0 Å². The fourth-order valence-corrected chi connectivity index (χ4v) is 3.09. The van der Waals surface area contributed by atoms with Crippen LogP contribution in [0.15, 0.2) is 24.3 Å². The van der Waals surface area contributed by atoms with Crippen LogP contribution in [0.5, 0.6) is 5.75 Å². The summed E-state index contributed by atoms with van der Waals surface area (Å²) in [5.74, 6) is 2.15. The highest BCUT2D eigenvalue weighted by atomic mass is 16.5. The summed E-state index contributed by atoms with van der Waals surface area (Å²) >= 11 is 0. The van der Waals surface area contributed by atoms with Crippen molar-refractivity contribution >= 4 is 0 Å². The molecule has 3 unspecified atom stereocenters. The maximum absolute atomic E-state index is 9.35. The van der Waals surface area contributed by atoms with Crippen molar-refractivity contribution < 1.29 is 4.74 Å². The number of nitriles is 1. The van der Waals surface area contributed by atoms with Crippen LogP contribution >= 0.6 is 0 Å². The first kappa shape index (κ1) is 14.9. The molecule has 2 nitrogen and oxygen atoms in total. The molecular weight excluding hydrogens is 246 g/mol. The first-order valence-electron chi connectivity index (χ1n) is 7.80. The number of ether oxygens (including phenoxy) is 1. The van der Waals surface area contributed by atoms with Crippen LogP contribution in [0.25, 0.3) is 0 Å². The Morgan fingerprint density at radius 3 is 2.70 bits per heavy atom. The molecule has 0 radical (unpaired) electrons. The highest BCUT2D eigenvalue weighted by molar-refractivity contribution is 5.35. The van der Waals surface area contributed by atoms with E-state index in [1.807, 2.05) is 12.1 Å². The standard InChI is InChI=1S/C18H25NO/c1-4-14-9-10-15(12-19)18(11-14)20-17-8-6-5-7-16(17)13(2)3/h5-8,13-15,18H,4,9-11H2,1-3H3. The van der Waals surface area contributed by atoms with Crippen LogP contribution < -0.4 is 4.74 Å². The highest BCUT2D eigenvalue weighted by Gasteiger charge is 2.31. The molecule has 1 saturated carbocycles. The summed E-state index contributed by atoms with van der Waals surface area (Å²) in [5, 5.41) is 9.35. The van der Waals surface area contributed by atoms with Gasteiger partial charge in [0.25, 0.3) is 0 Å². The van der Waals surface area contributed by atoms with Crippen molar-refractivity contribution in [2.75, 3.05) is 0 Å². The smallest absolute Gasteiger partial charge is 0.123 e. The summed E-state index contributed by atoms with van der Waals surface area (Å²) in [6, 6.07) is 10.7. The summed E-state index contributed by atoms with van der Waals surface area (Å²) in [6.07, 6.45) is 4.40. The topological polar surface area (TPSA) is 33.0 Å². The van der Waals surface area contributed by atoms with E-state index < -0.39 is 0 Å². The second-order valence-corrected chi connectivity index (χ2v) is 6.17. The van der Waals surface area contributed by atoms with Crippen molar-refractivity contribution in [2.24, 2.45) is 11.8 Å². The number of para-hydroxylation sites is 1. The lowest BCUT2D eigenvalue weighted by atomic mass is 9.79. The molecule has 1 aromatic rings. The molecule has 1 aliphatic rings. The molecule has 1 aromatic carbocycles. The van der Waals surface area contributed by atoms with Crippen LogP contribution in [0.2, 0.25) is 0 Å². The minimum Gasteiger partial charge on any atom is -0.489 e. The van der Waals surface area contributed by atoms with Crippen molar-refractivity contribution in [3.05, 3.63) is 29.8 Å². The number of nitrogens with zero attached hydrogens (tertiary/aromatic N) is 1. The lowest BCUT2D eigenvalue weighted by Gasteiger charge is -2.33. The van der Waals surface area contributed by atoms with Gasteiger partial charge in [0.2, 0.25) is 0 Å². The van der Waals surface area contributed by atoms with Gasteiger partial charge in [-0.2, -0.15) is 5.26 Å².